The SMILES string of the molecule is O=C1C2=C(C(=O)c3ccccc31)C(c1ccc(F)cc1)C1=C(N2)c2ccccc2C1=O. The first kappa shape index (κ1) is 17.7. The molecule has 1 heterocycles. The van der Waals surface area contributed by atoms with Gasteiger partial charge in [0.15, 0.2) is 11.6 Å². The highest BCUT2D eigenvalue weighted by Crippen LogP contribution is 2.49. The summed E-state index contributed by atoms with van der Waals surface area (Å²) < 4.78 is 13.7. The van der Waals surface area contributed by atoms with Crippen LogP contribution in [0.15, 0.2) is 89.6 Å². The molecule has 0 radical (unpaired) electrons. The van der Waals surface area contributed by atoms with Gasteiger partial charge in [0.2, 0.25) is 5.78 Å². The number of carbonyl (C=O) groups excluding carboxylic acids is 3. The van der Waals surface area contributed by atoms with Gasteiger partial charge in [0.1, 0.15) is 5.82 Å². The van der Waals surface area contributed by atoms with Crippen LogP contribution in [0, 0.1) is 5.82 Å². The van der Waals surface area contributed by atoms with Gasteiger partial charge in [0, 0.05) is 39.3 Å². The number of Topliss-reactive ketones (excluding diaryl/α,β-unsaturated/α-hetero) is 3. The highest BCUT2D eigenvalue weighted by molar-refractivity contribution is 6.31. The van der Waals surface area contributed by atoms with Gasteiger partial charge in [-0.05, 0) is 17.7 Å². The van der Waals surface area contributed by atoms with E-state index in [1.54, 1.807) is 48.5 Å². The van der Waals surface area contributed by atoms with Crippen LogP contribution in [-0.2, 0) is 0 Å². The molecule has 0 bridgehead atoms. The average molecular weight is 407 g/mol. The molecule has 2 aliphatic carbocycles. The van der Waals surface area contributed by atoms with Crippen molar-refractivity contribution in [3.63, 3.8) is 0 Å². The molecular weight excluding hydrogens is 393 g/mol. The lowest BCUT2D eigenvalue weighted by atomic mass is 9.73. The number of benzene rings is 3. The summed E-state index contributed by atoms with van der Waals surface area (Å²) in [4.78, 5) is 40.3. The van der Waals surface area contributed by atoms with Crippen molar-refractivity contribution in [1.82, 2.24) is 5.32 Å². The van der Waals surface area contributed by atoms with Crippen molar-refractivity contribution in [3.8, 4) is 0 Å². The van der Waals surface area contributed by atoms with Crippen molar-refractivity contribution in [2.24, 2.45) is 0 Å². The van der Waals surface area contributed by atoms with Gasteiger partial charge in [-0.25, -0.2) is 4.39 Å². The highest BCUT2D eigenvalue weighted by atomic mass is 19.1. The molecule has 148 valence electrons. The van der Waals surface area contributed by atoms with Gasteiger partial charge < -0.3 is 5.32 Å². The fourth-order valence-electron chi connectivity index (χ4n) is 4.77. The van der Waals surface area contributed by atoms with Crippen LogP contribution in [0.5, 0.6) is 0 Å². The second-order valence-electron chi connectivity index (χ2n) is 7.77. The molecule has 1 aliphatic heterocycles. The van der Waals surface area contributed by atoms with Gasteiger partial charge in [-0.3, -0.25) is 14.4 Å². The summed E-state index contributed by atoms with van der Waals surface area (Å²) in [5.74, 6) is -1.98. The second-order valence-corrected chi connectivity index (χ2v) is 7.77. The van der Waals surface area contributed by atoms with E-state index in [0.29, 0.717) is 39.1 Å². The van der Waals surface area contributed by atoms with Crippen molar-refractivity contribution in [1.29, 1.82) is 0 Å². The number of rotatable bonds is 1. The van der Waals surface area contributed by atoms with Crippen LogP contribution in [-0.4, -0.2) is 17.3 Å². The molecule has 1 unspecified atom stereocenters. The van der Waals surface area contributed by atoms with Crippen LogP contribution in [0.25, 0.3) is 5.70 Å². The fraction of sp³-hybridized carbons (Fsp3) is 0.0385. The van der Waals surface area contributed by atoms with Crippen LogP contribution < -0.4 is 5.32 Å². The molecule has 4 nitrogen and oxygen atoms in total. The van der Waals surface area contributed by atoms with E-state index in [1.807, 2.05) is 12.1 Å². The molecule has 3 aromatic rings. The molecule has 6 rings (SSSR count). The minimum absolute atomic E-state index is 0.182. The monoisotopic (exact) mass is 407 g/mol. The van der Waals surface area contributed by atoms with Crippen molar-refractivity contribution in [2.75, 3.05) is 0 Å². The molecule has 0 spiro atoms. The number of nitrogens with one attached hydrogen (secondary N) is 1. The molecular formula is C26H14FNO3. The Labute approximate surface area is 176 Å². The predicted molar refractivity (Wildman–Crippen MR) is 112 cm³/mol. The first-order valence-corrected chi connectivity index (χ1v) is 9.89. The third-order valence-electron chi connectivity index (χ3n) is 6.14. The Morgan fingerprint density at radius 2 is 1.06 bits per heavy atom. The van der Waals surface area contributed by atoms with E-state index < -0.39 is 11.7 Å². The Kier molecular flexibility index (Phi) is 3.54. The summed E-state index contributed by atoms with van der Waals surface area (Å²) in [6.07, 6.45) is 0. The van der Waals surface area contributed by atoms with Crippen molar-refractivity contribution in [3.05, 3.63) is 123 Å². The molecule has 0 saturated carbocycles. The third-order valence-corrected chi connectivity index (χ3v) is 6.14. The minimum atomic E-state index is -0.767. The predicted octanol–water partition coefficient (Wildman–Crippen LogP) is 4.45. The summed E-state index contributed by atoms with van der Waals surface area (Å²) in [6.45, 7) is 0. The van der Waals surface area contributed by atoms with E-state index in [1.165, 1.54) is 12.1 Å². The molecule has 0 amide bonds. The Hall–Kier alpha value is -4.12. The molecule has 1 N–H and O–H groups in total. The maximum absolute atomic E-state index is 13.7. The average Bonchev–Trinajstić information content (AvgIpc) is 3.09. The second kappa shape index (κ2) is 6.19. The van der Waals surface area contributed by atoms with Crippen molar-refractivity contribution < 1.29 is 18.8 Å². The number of hydrogen-bond acceptors (Lipinski definition) is 4. The number of dihydropyridines is 1. The topological polar surface area (TPSA) is 63.2 Å². The first-order chi connectivity index (χ1) is 15.1. The molecule has 31 heavy (non-hydrogen) atoms. The van der Waals surface area contributed by atoms with Crippen LogP contribution in [0.1, 0.15) is 48.1 Å². The largest absolute Gasteiger partial charge is 0.351 e. The first-order valence-electron chi connectivity index (χ1n) is 9.89. The van der Waals surface area contributed by atoms with Gasteiger partial charge in [-0.2, -0.15) is 0 Å². The molecule has 0 aromatic heterocycles. The summed E-state index contributed by atoms with van der Waals surface area (Å²) in [6, 6.07) is 19.6. The quantitative estimate of drug-likeness (QED) is 0.647. The van der Waals surface area contributed by atoms with Crippen LogP contribution in [0.4, 0.5) is 4.39 Å². The fourth-order valence-corrected chi connectivity index (χ4v) is 4.77. The lowest BCUT2D eigenvalue weighted by Crippen LogP contribution is -2.36. The van der Waals surface area contributed by atoms with E-state index in [9.17, 15) is 18.8 Å². The van der Waals surface area contributed by atoms with E-state index in [2.05, 4.69) is 5.32 Å². The number of carbonyl (C=O) groups is 3. The van der Waals surface area contributed by atoms with Crippen molar-refractivity contribution in [2.45, 2.75) is 5.92 Å². The summed E-state index contributed by atoms with van der Waals surface area (Å²) in [7, 11) is 0. The molecule has 0 fully saturated rings. The van der Waals surface area contributed by atoms with Gasteiger partial charge in [-0.15, -0.1) is 0 Å². The van der Waals surface area contributed by atoms with Crippen LogP contribution in [0.3, 0.4) is 0 Å². The van der Waals surface area contributed by atoms with Crippen LogP contribution >= 0.6 is 0 Å². The highest BCUT2D eigenvalue weighted by Gasteiger charge is 2.46. The summed E-state index contributed by atoms with van der Waals surface area (Å²) >= 11 is 0. The number of halogens is 1. The molecule has 3 aromatic carbocycles. The summed E-state index contributed by atoms with van der Waals surface area (Å²) in [5.41, 5.74) is 3.80. The smallest absolute Gasteiger partial charge is 0.210 e. The number of allylic oxidation sites excluding steroid dienone is 3. The summed E-state index contributed by atoms with van der Waals surface area (Å²) in [5, 5.41) is 3.13. The normalized spacial score (nSPS) is 19.0. The van der Waals surface area contributed by atoms with Crippen molar-refractivity contribution >= 4 is 23.0 Å². The Morgan fingerprint density at radius 3 is 1.68 bits per heavy atom. The van der Waals surface area contributed by atoms with Gasteiger partial charge in [-0.1, -0.05) is 60.7 Å². The standard InChI is InChI=1S/C26H14FNO3/c27-14-11-9-13(10-12-14)19-20-22(15-5-1-2-6-16(15)24(20)29)28-23-21(19)25(30)17-7-3-4-8-18(17)26(23)31/h1-12,19,28H. The molecule has 0 saturated heterocycles. The van der Waals surface area contributed by atoms with E-state index in [-0.39, 0.29) is 28.6 Å². The van der Waals surface area contributed by atoms with E-state index >= 15 is 0 Å². The zero-order chi connectivity index (χ0) is 21.3. The third kappa shape index (κ3) is 2.31. The lowest BCUT2D eigenvalue weighted by Gasteiger charge is -2.33. The minimum Gasteiger partial charge on any atom is -0.351 e. The number of hydrogen-bond donors (Lipinski definition) is 1. The Morgan fingerprint density at radius 1 is 0.581 bits per heavy atom. The van der Waals surface area contributed by atoms with E-state index in [4.69, 9.17) is 0 Å². The Balaban J connectivity index is 1.64. The van der Waals surface area contributed by atoms with E-state index in [0.717, 1.165) is 0 Å². The maximum Gasteiger partial charge on any atom is 0.210 e. The van der Waals surface area contributed by atoms with Gasteiger partial charge in [0.25, 0.3) is 0 Å². The molecule has 1 atom stereocenters. The van der Waals surface area contributed by atoms with Gasteiger partial charge >= 0.3 is 0 Å². The number of fused-ring (bicyclic) bond motifs is 3. The lowest BCUT2D eigenvalue weighted by molar-refractivity contribution is 0.0961. The molecule has 5 heteroatoms. The van der Waals surface area contributed by atoms with Gasteiger partial charge in [0.05, 0.1) is 11.4 Å². The Bertz CT molecular complexity index is 1410. The number of ketones is 3. The zero-order valence-electron chi connectivity index (χ0n) is 16.1. The zero-order valence-corrected chi connectivity index (χ0v) is 16.1. The maximum atomic E-state index is 13.7. The van der Waals surface area contributed by atoms with Crippen LogP contribution in [0.2, 0.25) is 0 Å². The molecule has 3 aliphatic rings.